The molecule has 0 aliphatic carbocycles. The minimum atomic E-state index is -1.35. The Morgan fingerprint density at radius 3 is 2.47 bits per heavy atom. The van der Waals surface area contributed by atoms with Crippen LogP contribution in [-0.2, 0) is 4.74 Å². The zero-order chi connectivity index (χ0) is 10.9. The lowest BCUT2D eigenvalue weighted by molar-refractivity contribution is 0.369. The van der Waals surface area contributed by atoms with Gasteiger partial charge >= 0.3 is 0 Å². The molecular formula is C11H5N3O. The van der Waals surface area contributed by atoms with Gasteiger partial charge in [-0.05, 0) is 17.7 Å². The summed E-state index contributed by atoms with van der Waals surface area (Å²) in [5.74, 6) is 0. The second-order valence-corrected chi connectivity index (χ2v) is 3.19. The Morgan fingerprint density at radius 2 is 1.93 bits per heavy atom. The summed E-state index contributed by atoms with van der Waals surface area (Å²) in [5, 5.41) is 26.2. The molecule has 1 unspecified atom stereocenters. The summed E-state index contributed by atoms with van der Waals surface area (Å²) in [6, 6.07) is 12.4. The number of rotatable bonds is 1. The molecule has 4 nitrogen and oxygen atoms in total. The number of hydrogen-bond acceptors (Lipinski definition) is 4. The van der Waals surface area contributed by atoms with Gasteiger partial charge in [0.05, 0.1) is 11.6 Å². The average Bonchev–Trinajstić information content (AvgIpc) is 3.04. The van der Waals surface area contributed by atoms with Gasteiger partial charge in [0, 0.05) is 0 Å². The lowest BCUT2D eigenvalue weighted by Crippen LogP contribution is -2.04. The molecule has 1 atom stereocenters. The lowest BCUT2D eigenvalue weighted by atomic mass is 10.0. The van der Waals surface area contributed by atoms with Crippen LogP contribution in [0.15, 0.2) is 24.3 Å². The summed E-state index contributed by atoms with van der Waals surface area (Å²) >= 11 is 0. The minimum Gasteiger partial charge on any atom is -0.332 e. The first-order chi connectivity index (χ1) is 7.25. The standard InChI is InChI=1S/C11H5N3O/c12-5-8-2-1-3-9(4-8)10-11(6-13,7-14)15-10/h1-4,10H. The summed E-state index contributed by atoms with van der Waals surface area (Å²) in [6.45, 7) is 0. The van der Waals surface area contributed by atoms with Crippen LogP contribution in [0.5, 0.6) is 0 Å². The van der Waals surface area contributed by atoms with E-state index in [1.807, 2.05) is 18.2 Å². The molecule has 0 spiro atoms. The van der Waals surface area contributed by atoms with Gasteiger partial charge in [0.1, 0.15) is 18.2 Å². The van der Waals surface area contributed by atoms with Gasteiger partial charge in [-0.15, -0.1) is 0 Å². The highest BCUT2D eigenvalue weighted by Crippen LogP contribution is 2.48. The molecule has 1 aliphatic heterocycles. The molecule has 1 aromatic rings. The molecule has 1 aliphatic rings. The van der Waals surface area contributed by atoms with E-state index in [9.17, 15) is 0 Å². The molecule has 0 N–H and O–H groups in total. The zero-order valence-electron chi connectivity index (χ0n) is 7.64. The van der Waals surface area contributed by atoms with E-state index in [1.165, 1.54) is 0 Å². The van der Waals surface area contributed by atoms with E-state index in [-0.39, 0.29) is 0 Å². The Labute approximate surface area is 86.5 Å². The highest BCUT2D eigenvalue weighted by molar-refractivity contribution is 5.42. The Kier molecular flexibility index (Phi) is 1.90. The highest BCUT2D eigenvalue weighted by atomic mass is 16.6. The molecule has 1 heterocycles. The van der Waals surface area contributed by atoms with Crippen LogP contribution < -0.4 is 0 Å². The van der Waals surface area contributed by atoms with E-state index in [1.54, 1.807) is 24.3 Å². The third-order valence-electron chi connectivity index (χ3n) is 2.27. The Morgan fingerprint density at radius 1 is 1.20 bits per heavy atom. The van der Waals surface area contributed by atoms with Crippen molar-refractivity contribution in [2.45, 2.75) is 11.7 Å². The monoisotopic (exact) mass is 195 g/mol. The van der Waals surface area contributed by atoms with Crippen molar-refractivity contribution in [1.82, 2.24) is 0 Å². The van der Waals surface area contributed by atoms with Crippen molar-refractivity contribution >= 4 is 0 Å². The fourth-order valence-corrected chi connectivity index (χ4v) is 1.42. The summed E-state index contributed by atoms with van der Waals surface area (Å²) in [7, 11) is 0. The molecule has 1 aromatic carbocycles. The second-order valence-electron chi connectivity index (χ2n) is 3.19. The van der Waals surface area contributed by atoms with Crippen LogP contribution in [0.1, 0.15) is 17.2 Å². The van der Waals surface area contributed by atoms with E-state index in [0.29, 0.717) is 11.1 Å². The number of benzene rings is 1. The summed E-state index contributed by atoms with van der Waals surface area (Å²) in [4.78, 5) is 0. The normalized spacial score (nSPS) is 20.7. The van der Waals surface area contributed by atoms with Crippen molar-refractivity contribution in [3.63, 3.8) is 0 Å². The number of nitriles is 3. The van der Waals surface area contributed by atoms with Crippen molar-refractivity contribution in [1.29, 1.82) is 15.8 Å². The van der Waals surface area contributed by atoms with Crippen LogP contribution in [0.25, 0.3) is 0 Å². The van der Waals surface area contributed by atoms with E-state index in [2.05, 4.69) is 0 Å². The Balaban J connectivity index is 2.33. The summed E-state index contributed by atoms with van der Waals surface area (Å²) < 4.78 is 5.06. The molecule has 0 radical (unpaired) electrons. The predicted octanol–water partition coefficient (Wildman–Crippen LogP) is 1.42. The highest BCUT2D eigenvalue weighted by Gasteiger charge is 2.59. The quantitative estimate of drug-likeness (QED) is 0.634. The van der Waals surface area contributed by atoms with Crippen molar-refractivity contribution in [3.8, 4) is 18.2 Å². The number of ether oxygens (including phenoxy) is 1. The van der Waals surface area contributed by atoms with Crippen LogP contribution in [0.4, 0.5) is 0 Å². The fourth-order valence-electron chi connectivity index (χ4n) is 1.42. The topological polar surface area (TPSA) is 83.9 Å². The van der Waals surface area contributed by atoms with Crippen LogP contribution in [0, 0.1) is 34.0 Å². The van der Waals surface area contributed by atoms with Gasteiger partial charge in [-0.1, -0.05) is 12.1 Å². The average molecular weight is 195 g/mol. The third kappa shape index (κ3) is 1.32. The Hall–Kier alpha value is -2.35. The first-order valence-electron chi connectivity index (χ1n) is 4.26. The summed E-state index contributed by atoms with van der Waals surface area (Å²) in [6.07, 6.45) is -0.527. The van der Waals surface area contributed by atoms with Crippen molar-refractivity contribution in [2.75, 3.05) is 0 Å². The molecular weight excluding hydrogens is 190 g/mol. The van der Waals surface area contributed by atoms with Crippen molar-refractivity contribution in [2.24, 2.45) is 0 Å². The minimum absolute atomic E-state index is 0.493. The molecule has 0 saturated carbocycles. The van der Waals surface area contributed by atoms with Gasteiger partial charge in [0.2, 0.25) is 0 Å². The molecule has 1 fully saturated rings. The van der Waals surface area contributed by atoms with Gasteiger partial charge in [0.15, 0.2) is 0 Å². The lowest BCUT2D eigenvalue weighted by Gasteiger charge is -1.95. The molecule has 15 heavy (non-hydrogen) atoms. The maximum atomic E-state index is 8.75. The fraction of sp³-hybridized carbons (Fsp3) is 0.182. The number of epoxide rings is 1. The van der Waals surface area contributed by atoms with E-state index in [4.69, 9.17) is 20.5 Å². The maximum absolute atomic E-state index is 8.75. The second kappa shape index (κ2) is 3.10. The van der Waals surface area contributed by atoms with Crippen molar-refractivity contribution in [3.05, 3.63) is 35.4 Å². The summed E-state index contributed by atoms with van der Waals surface area (Å²) in [5.41, 5.74) is -0.168. The van der Waals surface area contributed by atoms with E-state index >= 15 is 0 Å². The van der Waals surface area contributed by atoms with E-state index in [0.717, 1.165) is 0 Å². The van der Waals surface area contributed by atoms with Gasteiger partial charge in [-0.3, -0.25) is 0 Å². The first kappa shape index (κ1) is 9.21. The van der Waals surface area contributed by atoms with Crippen LogP contribution in [-0.4, -0.2) is 5.60 Å². The van der Waals surface area contributed by atoms with Gasteiger partial charge in [0.25, 0.3) is 5.60 Å². The van der Waals surface area contributed by atoms with Gasteiger partial charge in [-0.2, -0.15) is 15.8 Å². The maximum Gasteiger partial charge on any atom is 0.272 e. The van der Waals surface area contributed by atoms with Gasteiger partial charge in [-0.25, -0.2) is 0 Å². The molecule has 1 saturated heterocycles. The largest absolute Gasteiger partial charge is 0.332 e. The zero-order valence-corrected chi connectivity index (χ0v) is 7.64. The van der Waals surface area contributed by atoms with Gasteiger partial charge < -0.3 is 4.74 Å². The predicted molar refractivity (Wildman–Crippen MR) is 48.9 cm³/mol. The van der Waals surface area contributed by atoms with Crippen LogP contribution in [0.2, 0.25) is 0 Å². The molecule has 0 aromatic heterocycles. The smallest absolute Gasteiger partial charge is 0.272 e. The first-order valence-corrected chi connectivity index (χ1v) is 4.26. The van der Waals surface area contributed by atoms with Crippen molar-refractivity contribution < 1.29 is 4.74 Å². The third-order valence-corrected chi connectivity index (χ3v) is 2.27. The SMILES string of the molecule is N#Cc1cccc(C2OC2(C#N)C#N)c1. The van der Waals surface area contributed by atoms with Crippen LogP contribution >= 0.6 is 0 Å². The van der Waals surface area contributed by atoms with E-state index < -0.39 is 11.7 Å². The molecule has 0 bridgehead atoms. The molecule has 2 rings (SSSR count). The number of nitrogens with zero attached hydrogens (tertiary/aromatic N) is 3. The molecule has 70 valence electrons. The van der Waals surface area contributed by atoms with Crippen LogP contribution in [0.3, 0.4) is 0 Å². The number of hydrogen-bond donors (Lipinski definition) is 0. The molecule has 4 heteroatoms. The molecule has 0 amide bonds. The Bertz CT molecular complexity index is 516.